The van der Waals surface area contributed by atoms with Crippen molar-refractivity contribution in [2.24, 2.45) is 0 Å². The Morgan fingerprint density at radius 3 is 2.15 bits per heavy atom. The standard InChI is InChI=1S/C36H48FN3O7/c1-23-8-10-24(11-9-23)21-40-19-17-30(32(40)42)39-18-16-27(28(37)22-39)25-12-14-26(15-13-25)45-31(41)20-29(33(43)46-35(2,3)4)38-34(44)47-36(5,6)7/h8-15,27-30H,16-22H2,1-7H3,(H,38,44)/t27-,28+,29-,30+/m0/s1. The Hall–Kier alpha value is -3.99. The Balaban J connectivity index is 1.31. The Kier molecular flexibility index (Phi) is 11.3. The highest BCUT2D eigenvalue weighted by molar-refractivity contribution is 5.87. The summed E-state index contributed by atoms with van der Waals surface area (Å²) in [6, 6.07) is 13.1. The predicted octanol–water partition coefficient (Wildman–Crippen LogP) is 5.45. The highest BCUT2D eigenvalue weighted by Crippen LogP contribution is 2.34. The van der Waals surface area contributed by atoms with Gasteiger partial charge in [-0.3, -0.25) is 14.5 Å². The van der Waals surface area contributed by atoms with Crippen LogP contribution in [0.3, 0.4) is 0 Å². The molecule has 2 saturated heterocycles. The molecule has 10 nitrogen and oxygen atoms in total. The fourth-order valence-corrected chi connectivity index (χ4v) is 5.86. The molecule has 2 aromatic carbocycles. The van der Waals surface area contributed by atoms with E-state index in [1.54, 1.807) is 65.8 Å². The molecule has 0 aromatic heterocycles. The largest absolute Gasteiger partial charge is 0.458 e. The molecular formula is C36H48FN3O7. The summed E-state index contributed by atoms with van der Waals surface area (Å²) in [5, 5.41) is 2.41. The van der Waals surface area contributed by atoms with Gasteiger partial charge in [0.05, 0.1) is 12.5 Å². The van der Waals surface area contributed by atoms with E-state index >= 15 is 4.39 Å². The summed E-state index contributed by atoms with van der Waals surface area (Å²) in [5.41, 5.74) is 1.38. The third-order valence-electron chi connectivity index (χ3n) is 8.07. The number of esters is 2. The Bertz CT molecular complexity index is 1420. The quantitative estimate of drug-likeness (QED) is 0.281. The summed E-state index contributed by atoms with van der Waals surface area (Å²) in [5.74, 6) is -1.64. The number of nitrogens with zero attached hydrogens (tertiary/aromatic N) is 2. The van der Waals surface area contributed by atoms with Gasteiger partial charge in [0.15, 0.2) is 0 Å². The van der Waals surface area contributed by atoms with Gasteiger partial charge in [0.2, 0.25) is 5.91 Å². The molecule has 2 aromatic rings. The van der Waals surface area contributed by atoms with Crippen molar-refractivity contribution in [1.29, 1.82) is 0 Å². The van der Waals surface area contributed by atoms with E-state index in [4.69, 9.17) is 14.2 Å². The summed E-state index contributed by atoms with van der Waals surface area (Å²) in [6.45, 7) is 14.1. The Morgan fingerprint density at radius 2 is 1.55 bits per heavy atom. The van der Waals surface area contributed by atoms with Crippen LogP contribution in [0.4, 0.5) is 9.18 Å². The molecule has 11 heteroatoms. The van der Waals surface area contributed by atoms with E-state index in [-0.39, 0.29) is 30.2 Å². The lowest BCUT2D eigenvalue weighted by Crippen LogP contribution is -2.49. The molecule has 1 N–H and O–H groups in total. The normalized spacial score (nSPS) is 21.2. The summed E-state index contributed by atoms with van der Waals surface area (Å²) in [6.07, 6.45) is -1.28. The highest BCUT2D eigenvalue weighted by Gasteiger charge is 2.40. The second-order valence-electron chi connectivity index (χ2n) is 14.4. The molecule has 2 heterocycles. The minimum atomic E-state index is -1.32. The Morgan fingerprint density at radius 1 is 0.915 bits per heavy atom. The van der Waals surface area contributed by atoms with Gasteiger partial charge in [0.1, 0.15) is 29.2 Å². The molecule has 4 atom stereocenters. The Labute approximate surface area is 276 Å². The average Bonchev–Trinajstić information content (AvgIpc) is 3.32. The fourth-order valence-electron chi connectivity index (χ4n) is 5.86. The number of alkyl carbamates (subject to hydrolysis) is 1. The van der Waals surface area contributed by atoms with E-state index in [2.05, 4.69) is 5.32 Å². The van der Waals surface area contributed by atoms with Crippen molar-refractivity contribution in [2.45, 2.75) is 110 Å². The summed E-state index contributed by atoms with van der Waals surface area (Å²) in [7, 11) is 0. The SMILES string of the molecule is Cc1ccc(CN2CC[C@@H](N3CC[C@@H](c4ccc(OC(=O)C[C@H](NC(=O)OC(C)(C)C)C(=O)OC(C)(C)C)cc4)[C@H](F)C3)C2=O)cc1. The number of piperidine rings is 1. The molecule has 0 spiro atoms. The lowest BCUT2D eigenvalue weighted by Gasteiger charge is -2.37. The fraction of sp³-hybridized carbons (Fsp3) is 0.556. The number of nitrogens with one attached hydrogen (secondary N) is 1. The van der Waals surface area contributed by atoms with Crippen LogP contribution >= 0.6 is 0 Å². The van der Waals surface area contributed by atoms with Crippen LogP contribution < -0.4 is 10.1 Å². The molecule has 47 heavy (non-hydrogen) atoms. The first-order valence-corrected chi connectivity index (χ1v) is 16.2. The number of carbonyl (C=O) groups is 4. The van der Waals surface area contributed by atoms with Gasteiger partial charge in [-0.15, -0.1) is 0 Å². The minimum absolute atomic E-state index is 0.0533. The second-order valence-corrected chi connectivity index (χ2v) is 14.4. The van der Waals surface area contributed by atoms with Crippen molar-refractivity contribution in [3.63, 3.8) is 0 Å². The molecule has 2 fully saturated rings. The number of carbonyl (C=O) groups excluding carboxylic acids is 4. The van der Waals surface area contributed by atoms with Crippen molar-refractivity contribution in [3.05, 3.63) is 65.2 Å². The van der Waals surface area contributed by atoms with E-state index in [0.29, 0.717) is 32.5 Å². The van der Waals surface area contributed by atoms with E-state index < -0.39 is 47.9 Å². The van der Waals surface area contributed by atoms with Gasteiger partial charge in [-0.2, -0.15) is 0 Å². The summed E-state index contributed by atoms with van der Waals surface area (Å²) in [4.78, 5) is 55.0. The van der Waals surface area contributed by atoms with Gasteiger partial charge in [-0.25, -0.2) is 14.0 Å². The third kappa shape index (κ3) is 10.5. The molecule has 256 valence electrons. The lowest BCUT2D eigenvalue weighted by molar-refractivity contribution is -0.159. The molecule has 0 unspecified atom stereocenters. The van der Waals surface area contributed by atoms with Crippen LogP contribution in [0.15, 0.2) is 48.5 Å². The molecular weight excluding hydrogens is 605 g/mol. The monoisotopic (exact) mass is 653 g/mol. The van der Waals surface area contributed by atoms with Crippen molar-refractivity contribution in [1.82, 2.24) is 15.1 Å². The maximum atomic E-state index is 15.6. The number of aryl methyl sites for hydroxylation is 1. The zero-order chi connectivity index (χ0) is 34.5. The first-order chi connectivity index (χ1) is 22.0. The number of ether oxygens (including phenoxy) is 3. The van der Waals surface area contributed by atoms with Crippen LogP contribution in [-0.2, 0) is 30.4 Å². The van der Waals surface area contributed by atoms with E-state index in [0.717, 1.165) is 11.1 Å². The molecule has 2 aliphatic rings. The number of hydrogen-bond donors (Lipinski definition) is 1. The van der Waals surface area contributed by atoms with Crippen LogP contribution in [0.25, 0.3) is 0 Å². The number of likely N-dealkylation sites (tertiary alicyclic amines) is 2. The number of hydrogen-bond acceptors (Lipinski definition) is 8. The first-order valence-electron chi connectivity index (χ1n) is 16.2. The van der Waals surface area contributed by atoms with Gasteiger partial charge in [0.25, 0.3) is 0 Å². The summed E-state index contributed by atoms with van der Waals surface area (Å²) >= 11 is 0. The van der Waals surface area contributed by atoms with Gasteiger partial charge in [-0.05, 0) is 91.1 Å². The van der Waals surface area contributed by atoms with Crippen molar-refractivity contribution in [2.75, 3.05) is 19.6 Å². The molecule has 0 saturated carbocycles. The van der Waals surface area contributed by atoms with Crippen molar-refractivity contribution >= 4 is 23.9 Å². The molecule has 2 amide bonds. The number of alkyl halides is 1. The van der Waals surface area contributed by atoms with Crippen molar-refractivity contribution in [3.8, 4) is 5.75 Å². The van der Waals surface area contributed by atoms with Crippen LogP contribution in [0.1, 0.15) is 83.4 Å². The second kappa shape index (κ2) is 14.8. The summed E-state index contributed by atoms with van der Waals surface area (Å²) < 4.78 is 31.6. The van der Waals surface area contributed by atoms with Gasteiger partial charge in [0, 0.05) is 25.6 Å². The molecule has 4 rings (SSSR count). The van der Waals surface area contributed by atoms with Gasteiger partial charge >= 0.3 is 18.0 Å². The maximum absolute atomic E-state index is 15.6. The molecule has 2 aliphatic heterocycles. The third-order valence-corrected chi connectivity index (χ3v) is 8.07. The number of benzene rings is 2. The van der Waals surface area contributed by atoms with Gasteiger partial charge in [-0.1, -0.05) is 42.0 Å². The molecule has 0 bridgehead atoms. The van der Waals surface area contributed by atoms with Gasteiger partial charge < -0.3 is 24.4 Å². The lowest BCUT2D eigenvalue weighted by atomic mass is 9.87. The van der Waals surface area contributed by atoms with E-state index in [9.17, 15) is 19.2 Å². The zero-order valence-corrected chi connectivity index (χ0v) is 28.5. The van der Waals surface area contributed by atoms with E-state index in [1.165, 1.54) is 5.56 Å². The van der Waals surface area contributed by atoms with E-state index in [1.807, 2.05) is 41.0 Å². The zero-order valence-electron chi connectivity index (χ0n) is 28.5. The molecule has 0 radical (unpaired) electrons. The van der Waals surface area contributed by atoms with Crippen LogP contribution in [-0.4, -0.2) is 82.8 Å². The topological polar surface area (TPSA) is 114 Å². The number of amides is 2. The predicted molar refractivity (Wildman–Crippen MR) is 175 cm³/mol. The molecule has 0 aliphatic carbocycles. The highest BCUT2D eigenvalue weighted by atomic mass is 19.1. The van der Waals surface area contributed by atoms with Crippen LogP contribution in [0.2, 0.25) is 0 Å². The first kappa shape index (κ1) is 35.9. The minimum Gasteiger partial charge on any atom is -0.458 e. The maximum Gasteiger partial charge on any atom is 0.408 e. The van der Waals surface area contributed by atoms with Crippen LogP contribution in [0, 0.1) is 6.92 Å². The van der Waals surface area contributed by atoms with Crippen molar-refractivity contribution < 1.29 is 37.8 Å². The van der Waals surface area contributed by atoms with Crippen LogP contribution in [0.5, 0.6) is 5.75 Å². The number of halogens is 1. The average molecular weight is 654 g/mol. The number of rotatable bonds is 9. The smallest absolute Gasteiger partial charge is 0.408 e.